The maximum atomic E-state index is 4.64. The predicted molar refractivity (Wildman–Crippen MR) is 174 cm³/mol. The van der Waals surface area contributed by atoms with Crippen molar-refractivity contribution in [3.8, 4) is 11.3 Å². The highest BCUT2D eigenvalue weighted by molar-refractivity contribution is 5.64. The Morgan fingerprint density at radius 3 is 1.21 bits per heavy atom. The first-order valence-corrected chi connectivity index (χ1v) is 14.6. The zero-order valence-electron chi connectivity index (χ0n) is 23.7. The second-order valence-corrected chi connectivity index (χ2v) is 10.7. The smallest absolute Gasteiger partial charge is 0.113 e. The molecule has 1 aromatic heterocycles. The van der Waals surface area contributed by atoms with E-state index in [-0.39, 0.29) is 6.04 Å². The first kappa shape index (κ1) is 26.4. The van der Waals surface area contributed by atoms with Gasteiger partial charge in [-0.15, -0.1) is 5.10 Å². The van der Waals surface area contributed by atoms with Gasteiger partial charge in [0.05, 0.1) is 11.6 Å². The van der Waals surface area contributed by atoms with Crippen molar-refractivity contribution < 1.29 is 0 Å². The van der Waals surface area contributed by atoms with Gasteiger partial charge in [-0.2, -0.15) is 0 Å². The summed E-state index contributed by atoms with van der Waals surface area (Å²) in [5.74, 6) is 0. The first-order valence-electron chi connectivity index (χ1n) is 14.6. The highest BCUT2D eigenvalue weighted by Crippen LogP contribution is 2.45. The van der Waals surface area contributed by atoms with Gasteiger partial charge in [0.1, 0.15) is 11.7 Å². The van der Waals surface area contributed by atoms with Crippen molar-refractivity contribution in [3.05, 3.63) is 216 Å². The molecule has 7 aromatic rings. The van der Waals surface area contributed by atoms with Crippen LogP contribution in [0.25, 0.3) is 11.3 Å². The van der Waals surface area contributed by atoms with Gasteiger partial charge in [-0.1, -0.05) is 181 Å². The third-order valence-electron chi connectivity index (χ3n) is 8.24. The normalized spacial score (nSPS) is 11.5. The van der Waals surface area contributed by atoms with E-state index < -0.39 is 5.41 Å². The van der Waals surface area contributed by atoms with Crippen LogP contribution in [0, 0.1) is 0 Å². The van der Waals surface area contributed by atoms with Gasteiger partial charge in [0.25, 0.3) is 0 Å². The molecular weight excluding hydrogens is 522 g/mol. The van der Waals surface area contributed by atoms with E-state index in [0.29, 0.717) is 0 Å². The largest absolute Gasteiger partial charge is 0.240 e. The van der Waals surface area contributed by atoms with Crippen LogP contribution in [-0.2, 0) is 5.41 Å². The van der Waals surface area contributed by atoms with E-state index in [0.717, 1.165) is 11.3 Å². The topological polar surface area (TPSA) is 30.7 Å². The summed E-state index contributed by atoms with van der Waals surface area (Å²) >= 11 is 0. The molecule has 3 heteroatoms. The predicted octanol–water partition coefficient (Wildman–Crippen LogP) is 8.97. The number of benzene rings is 6. The third kappa shape index (κ3) is 4.96. The molecule has 0 saturated heterocycles. The fourth-order valence-electron chi connectivity index (χ4n) is 6.26. The van der Waals surface area contributed by atoms with Gasteiger partial charge in [0.15, 0.2) is 0 Å². The van der Waals surface area contributed by atoms with Crippen molar-refractivity contribution in [3.63, 3.8) is 0 Å². The Hall–Kier alpha value is -5.54. The Balaban J connectivity index is 1.33. The number of nitrogens with zero attached hydrogens (tertiary/aromatic N) is 3. The Kier molecular flexibility index (Phi) is 7.21. The highest BCUT2D eigenvalue weighted by atomic mass is 15.4. The monoisotopic (exact) mass is 553 g/mol. The van der Waals surface area contributed by atoms with Crippen molar-refractivity contribution >= 4 is 0 Å². The average Bonchev–Trinajstić information content (AvgIpc) is 3.58. The van der Waals surface area contributed by atoms with Gasteiger partial charge in [-0.3, -0.25) is 0 Å². The van der Waals surface area contributed by atoms with Gasteiger partial charge < -0.3 is 0 Å². The summed E-state index contributed by atoms with van der Waals surface area (Å²) in [5, 5.41) is 9.26. The molecule has 0 fully saturated rings. The molecule has 206 valence electrons. The van der Waals surface area contributed by atoms with Crippen molar-refractivity contribution in [1.29, 1.82) is 0 Å². The third-order valence-corrected chi connectivity index (χ3v) is 8.24. The summed E-state index contributed by atoms with van der Waals surface area (Å²) in [6.45, 7) is 0. The molecule has 3 nitrogen and oxygen atoms in total. The van der Waals surface area contributed by atoms with E-state index in [9.17, 15) is 0 Å². The van der Waals surface area contributed by atoms with Gasteiger partial charge >= 0.3 is 0 Å². The molecule has 0 bridgehead atoms. The number of rotatable bonds is 8. The van der Waals surface area contributed by atoms with E-state index in [1.807, 2.05) is 16.8 Å². The Labute approximate surface area is 252 Å². The summed E-state index contributed by atoms with van der Waals surface area (Å²) in [6, 6.07) is 62.1. The number of hydrogen-bond acceptors (Lipinski definition) is 2. The van der Waals surface area contributed by atoms with Crippen LogP contribution in [0.3, 0.4) is 0 Å². The number of hydrogen-bond donors (Lipinski definition) is 0. The van der Waals surface area contributed by atoms with E-state index in [1.54, 1.807) is 0 Å². The second-order valence-electron chi connectivity index (χ2n) is 10.7. The van der Waals surface area contributed by atoms with Crippen LogP contribution in [0.4, 0.5) is 0 Å². The molecule has 0 N–H and O–H groups in total. The van der Waals surface area contributed by atoms with Crippen LogP contribution in [-0.4, -0.2) is 15.0 Å². The summed E-state index contributed by atoms with van der Waals surface area (Å²) in [7, 11) is 0. The lowest BCUT2D eigenvalue weighted by Crippen LogP contribution is -2.30. The van der Waals surface area contributed by atoms with Crippen molar-refractivity contribution in [2.24, 2.45) is 0 Å². The van der Waals surface area contributed by atoms with Crippen LogP contribution >= 0.6 is 0 Å². The molecule has 43 heavy (non-hydrogen) atoms. The summed E-state index contributed by atoms with van der Waals surface area (Å²) < 4.78 is 1.97. The van der Waals surface area contributed by atoms with Crippen molar-refractivity contribution in [1.82, 2.24) is 15.0 Å². The standard InChI is InChI=1S/C40H31N3/c1-6-16-32(17-7-1)39(33-18-8-2-9-19-33)43-30-38(41-42-43)31-26-28-37(29-27-31)40(34-20-10-3-11-21-34,35-22-12-4-13-23-35)36-24-14-5-15-25-36/h1-30,39H. The zero-order chi connectivity index (χ0) is 28.9. The fourth-order valence-corrected chi connectivity index (χ4v) is 6.26. The van der Waals surface area contributed by atoms with Gasteiger partial charge in [0, 0.05) is 5.56 Å². The Bertz CT molecular complexity index is 1750. The second kappa shape index (κ2) is 11.8. The maximum absolute atomic E-state index is 4.64. The van der Waals surface area contributed by atoms with Crippen LogP contribution in [0.5, 0.6) is 0 Å². The van der Waals surface area contributed by atoms with Crippen LogP contribution < -0.4 is 0 Å². The molecule has 1 heterocycles. The molecule has 7 rings (SSSR count). The minimum atomic E-state index is -0.481. The molecular formula is C40H31N3. The van der Waals surface area contributed by atoms with Crippen LogP contribution in [0.2, 0.25) is 0 Å². The van der Waals surface area contributed by atoms with Gasteiger partial charge in [-0.05, 0) is 33.4 Å². The lowest BCUT2D eigenvalue weighted by atomic mass is 9.65. The summed E-state index contributed by atoms with van der Waals surface area (Å²) in [4.78, 5) is 0. The lowest BCUT2D eigenvalue weighted by molar-refractivity contribution is 0.571. The minimum absolute atomic E-state index is 0.0650. The number of aromatic nitrogens is 3. The molecule has 0 unspecified atom stereocenters. The van der Waals surface area contributed by atoms with Gasteiger partial charge in [0.2, 0.25) is 0 Å². The molecule has 0 aliphatic rings. The molecule has 0 spiro atoms. The summed E-state index contributed by atoms with van der Waals surface area (Å²) in [6.07, 6.45) is 2.05. The lowest BCUT2D eigenvalue weighted by Gasteiger charge is -2.37. The van der Waals surface area contributed by atoms with Crippen LogP contribution in [0.1, 0.15) is 39.4 Å². The molecule has 6 aromatic carbocycles. The Morgan fingerprint density at radius 2 is 0.791 bits per heavy atom. The highest BCUT2D eigenvalue weighted by Gasteiger charge is 2.38. The fraction of sp³-hybridized carbons (Fsp3) is 0.0500. The van der Waals surface area contributed by atoms with Gasteiger partial charge in [-0.25, -0.2) is 4.68 Å². The molecule has 0 saturated carbocycles. The molecule has 0 amide bonds. The van der Waals surface area contributed by atoms with Crippen molar-refractivity contribution in [2.75, 3.05) is 0 Å². The Morgan fingerprint density at radius 1 is 0.419 bits per heavy atom. The van der Waals surface area contributed by atoms with Crippen LogP contribution in [0.15, 0.2) is 182 Å². The zero-order valence-corrected chi connectivity index (χ0v) is 23.7. The van der Waals surface area contributed by atoms with Crippen molar-refractivity contribution in [2.45, 2.75) is 11.5 Å². The van der Waals surface area contributed by atoms with E-state index in [4.69, 9.17) is 0 Å². The van der Waals surface area contributed by atoms with E-state index in [1.165, 1.54) is 33.4 Å². The van der Waals surface area contributed by atoms with E-state index in [2.05, 4.69) is 180 Å². The first-order chi connectivity index (χ1) is 21.3. The summed E-state index contributed by atoms with van der Waals surface area (Å²) in [5.41, 5.74) is 8.58. The average molecular weight is 554 g/mol. The molecule has 0 aliphatic heterocycles. The minimum Gasteiger partial charge on any atom is -0.240 e. The molecule has 0 aliphatic carbocycles. The maximum Gasteiger partial charge on any atom is 0.113 e. The SMILES string of the molecule is c1ccc(C(c2ccccc2)n2cc(-c3ccc(C(c4ccccc4)(c4ccccc4)c4ccccc4)cc3)nn2)cc1. The van der Waals surface area contributed by atoms with E-state index >= 15 is 0 Å². The molecule has 0 radical (unpaired) electrons. The quantitative estimate of drug-likeness (QED) is 0.176. The molecule has 0 atom stereocenters.